The van der Waals surface area contributed by atoms with E-state index < -0.39 is 0 Å². The molecule has 1 heterocycles. The molecule has 0 fully saturated rings. The van der Waals surface area contributed by atoms with Crippen LogP contribution in [0.1, 0.15) is 38.3 Å². The lowest BCUT2D eigenvalue weighted by Gasteiger charge is -2.20. The van der Waals surface area contributed by atoms with E-state index in [1.165, 1.54) is 23.1 Å². The molecule has 4 nitrogen and oxygen atoms in total. The number of hydrogen-bond acceptors (Lipinski definition) is 5. The Bertz CT molecular complexity index is 545. The number of benzene rings is 1. The number of rotatable bonds is 7. The molecule has 0 aliphatic heterocycles. The third kappa shape index (κ3) is 4.82. The van der Waals surface area contributed by atoms with Gasteiger partial charge in [-0.15, -0.1) is 10.2 Å². The maximum Gasteiger partial charge on any atom is 0.233 e. The summed E-state index contributed by atoms with van der Waals surface area (Å²) in [5.74, 6) is 0.0394. The Hall–Kier alpha value is -1.40. The highest BCUT2D eigenvalue weighted by atomic mass is 32.2. The number of aromatic nitrogens is 2. The molecule has 112 valence electrons. The Kier molecular flexibility index (Phi) is 6.20. The van der Waals surface area contributed by atoms with Crippen LogP contribution in [0, 0.1) is 0 Å². The van der Waals surface area contributed by atoms with Gasteiger partial charge >= 0.3 is 0 Å². The molecule has 2 rings (SSSR count). The monoisotopic (exact) mass is 321 g/mol. The number of carbonyl (C=O) groups excluding carboxylic acids is 1. The fourth-order valence-corrected chi connectivity index (χ4v) is 3.64. The van der Waals surface area contributed by atoms with E-state index in [2.05, 4.69) is 34.6 Å². The number of nitrogens with zero attached hydrogens (tertiary/aromatic N) is 2. The summed E-state index contributed by atoms with van der Waals surface area (Å²) in [6.07, 6.45) is 1.96. The normalized spacial score (nSPS) is 13.6. The first-order valence-electron chi connectivity index (χ1n) is 6.98. The van der Waals surface area contributed by atoms with E-state index >= 15 is 0 Å². The predicted octanol–water partition coefficient (Wildman–Crippen LogP) is 3.68. The van der Waals surface area contributed by atoms with E-state index in [-0.39, 0.29) is 17.2 Å². The van der Waals surface area contributed by atoms with Crippen LogP contribution in [0.5, 0.6) is 0 Å². The van der Waals surface area contributed by atoms with E-state index in [1.807, 2.05) is 25.1 Å². The van der Waals surface area contributed by atoms with Crippen molar-refractivity contribution in [1.29, 1.82) is 0 Å². The Morgan fingerprint density at radius 1 is 1.38 bits per heavy atom. The van der Waals surface area contributed by atoms with Gasteiger partial charge in [0.1, 0.15) is 5.51 Å². The van der Waals surface area contributed by atoms with E-state index in [0.717, 1.165) is 22.7 Å². The summed E-state index contributed by atoms with van der Waals surface area (Å²) in [6.45, 7) is 4.02. The number of thioether (sulfide) groups is 1. The molecule has 1 aromatic carbocycles. The van der Waals surface area contributed by atoms with Gasteiger partial charge in [-0.05, 0) is 18.9 Å². The largest absolute Gasteiger partial charge is 0.348 e. The van der Waals surface area contributed by atoms with Crippen LogP contribution in [-0.2, 0) is 4.79 Å². The fraction of sp³-hybridized carbons (Fsp3) is 0.400. The average molecular weight is 321 g/mol. The number of carbonyl (C=O) groups is 1. The maximum absolute atomic E-state index is 12.4. The Morgan fingerprint density at radius 3 is 2.76 bits per heavy atom. The second-order valence-electron chi connectivity index (χ2n) is 4.73. The van der Waals surface area contributed by atoms with Crippen molar-refractivity contribution in [2.24, 2.45) is 0 Å². The zero-order chi connectivity index (χ0) is 15.1. The van der Waals surface area contributed by atoms with Crippen LogP contribution in [-0.4, -0.2) is 21.4 Å². The van der Waals surface area contributed by atoms with Gasteiger partial charge in [-0.25, -0.2) is 0 Å². The molecule has 21 heavy (non-hydrogen) atoms. The Labute approximate surface area is 133 Å². The average Bonchev–Trinajstić information content (AvgIpc) is 3.00. The minimum Gasteiger partial charge on any atom is -0.348 e. The van der Waals surface area contributed by atoms with Crippen LogP contribution in [0.15, 0.2) is 40.2 Å². The van der Waals surface area contributed by atoms with Crippen molar-refractivity contribution in [2.45, 2.75) is 42.3 Å². The van der Waals surface area contributed by atoms with Crippen LogP contribution >= 0.6 is 23.1 Å². The van der Waals surface area contributed by atoms with Crippen molar-refractivity contribution in [3.8, 4) is 0 Å². The van der Waals surface area contributed by atoms with Gasteiger partial charge in [-0.1, -0.05) is 66.8 Å². The molecule has 1 N–H and O–H groups in total. The first-order valence-corrected chi connectivity index (χ1v) is 8.74. The van der Waals surface area contributed by atoms with Gasteiger partial charge < -0.3 is 5.32 Å². The third-order valence-corrected chi connectivity index (χ3v) is 4.99. The van der Waals surface area contributed by atoms with Gasteiger partial charge in [0.25, 0.3) is 0 Å². The van der Waals surface area contributed by atoms with Gasteiger partial charge in [0.15, 0.2) is 4.34 Å². The molecule has 0 aliphatic carbocycles. The molecular formula is C15H19N3OS2. The van der Waals surface area contributed by atoms with Crippen molar-refractivity contribution in [1.82, 2.24) is 15.5 Å². The predicted molar refractivity (Wildman–Crippen MR) is 87.5 cm³/mol. The SMILES string of the molecule is CCCC(NC(=O)C(C)Sc1nncs1)c1ccccc1. The summed E-state index contributed by atoms with van der Waals surface area (Å²) >= 11 is 2.90. The van der Waals surface area contributed by atoms with Crippen LogP contribution in [0.4, 0.5) is 0 Å². The first-order chi connectivity index (χ1) is 10.2. The van der Waals surface area contributed by atoms with Gasteiger partial charge in [0.2, 0.25) is 5.91 Å². The maximum atomic E-state index is 12.4. The van der Waals surface area contributed by atoms with E-state index in [9.17, 15) is 4.79 Å². The van der Waals surface area contributed by atoms with E-state index in [4.69, 9.17) is 0 Å². The summed E-state index contributed by atoms with van der Waals surface area (Å²) in [5.41, 5.74) is 2.83. The first kappa shape index (κ1) is 16.0. The van der Waals surface area contributed by atoms with Crippen molar-refractivity contribution in [2.75, 3.05) is 0 Å². The molecule has 6 heteroatoms. The molecule has 0 aliphatic rings. The second kappa shape index (κ2) is 8.14. The van der Waals surface area contributed by atoms with Crippen molar-refractivity contribution < 1.29 is 4.79 Å². The van der Waals surface area contributed by atoms with Crippen LogP contribution < -0.4 is 5.32 Å². The quantitative estimate of drug-likeness (QED) is 0.791. The summed E-state index contributed by atoms with van der Waals surface area (Å²) in [4.78, 5) is 12.4. The molecule has 0 saturated heterocycles. The highest BCUT2D eigenvalue weighted by Crippen LogP contribution is 2.25. The van der Waals surface area contributed by atoms with Crippen molar-refractivity contribution in [3.63, 3.8) is 0 Å². The van der Waals surface area contributed by atoms with E-state index in [0.29, 0.717) is 0 Å². The van der Waals surface area contributed by atoms with Crippen LogP contribution in [0.25, 0.3) is 0 Å². The highest BCUT2D eigenvalue weighted by Gasteiger charge is 2.20. The van der Waals surface area contributed by atoms with Crippen LogP contribution in [0.2, 0.25) is 0 Å². The molecule has 0 bridgehead atoms. The number of amides is 1. The summed E-state index contributed by atoms with van der Waals surface area (Å²) in [6, 6.07) is 10.2. The zero-order valence-electron chi connectivity index (χ0n) is 12.2. The topological polar surface area (TPSA) is 54.9 Å². The van der Waals surface area contributed by atoms with Gasteiger partial charge in [-0.2, -0.15) is 0 Å². The molecule has 1 aromatic heterocycles. The van der Waals surface area contributed by atoms with Crippen molar-refractivity contribution >= 4 is 29.0 Å². The van der Waals surface area contributed by atoms with Gasteiger partial charge in [-0.3, -0.25) is 4.79 Å². The summed E-state index contributed by atoms with van der Waals surface area (Å²) in [5, 5.41) is 10.7. The molecule has 2 atom stereocenters. The lowest BCUT2D eigenvalue weighted by Crippen LogP contribution is -2.34. The molecule has 2 unspecified atom stereocenters. The molecule has 1 amide bonds. The highest BCUT2D eigenvalue weighted by molar-refractivity contribution is 8.02. The third-order valence-electron chi connectivity index (χ3n) is 3.08. The Morgan fingerprint density at radius 2 is 2.14 bits per heavy atom. The van der Waals surface area contributed by atoms with Gasteiger partial charge in [0.05, 0.1) is 11.3 Å². The zero-order valence-corrected chi connectivity index (χ0v) is 13.8. The standard InChI is InChI=1S/C15H19N3OS2/c1-3-7-13(12-8-5-4-6-9-12)17-14(19)11(2)21-15-18-16-10-20-15/h4-6,8-11,13H,3,7H2,1-2H3,(H,17,19). The minimum atomic E-state index is -0.180. The molecular weight excluding hydrogens is 302 g/mol. The smallest absolute Gasteiger partial charge is 0.233 e. The summed E-state index contributed by atoms with van der Waals surface area (Å²) in [7, 11) is 0. The van der Waals surface area contributed by atoms with E-state index in [1.54, 1.807) is 5.51 Å². The van der Waals surface area contributed by atoms with Crippen LogP contribution in [0.3, 0.4) is 0 Å². The molecule has 0 radical (unpaired) electrons. The lowest BCUT2D eigenvalue weighted by molar-refractivity contribution is -0.121. The summed E-state index contributed by atoms with van der Waals surface area (Å²) < 4.78 is 0.824. The molecule has 0 spiro atoms. The number of nitrogens with one attached hydrogen (secondary N) is 1. The molecule has 2 aromatic rings. The number of hydrogen-bond donors (Lipinski definition) is 1. The van der Waals surface area contributed by atoms with Gasteiger partial charge in [0, 0.05) is 0 Å². The fourth-order valence-electron chi connectivity index (χ4n) is 2.00. The minimum absolute atomic E-state index is 0.0394. The lowest BCUT2D eigenvalue weighted by atomic mass is 10.0. The van der Waals surface area contributed by atoms with Crippen molar-refractivity contribution in [3.05, 3.63) is 41.4 Å². The second-order valence-corrected chi connectivity index (χ2v) is 7.15. The molecule has 0 saturated carbocycles. The Balaban J connectivity index is 1.97.